The largest absolute Gasteiger partial charge is 0.495 e. The second-order valence-corrected chi connectivity index (χ2v) is 4.60. The Labute approximate surface area is 112 Å². The van der Waals surface area contributed by atoms with Crippen molar-refractivity contribution in [3.05, 3.63) is 23.2 Å². The molecule has 17 heavy (non-hydrogen) atoms. The predicted molar refractivity (Wildman–Crippen MR) is 77.1 cm³/mol. The van der Waals surface area contributed by atoms with Crippen molar-refractivity contribution < 1.29 is 4.74 Å². The van der Waals surface area contributed by atoms with Gasteiger partial charge in [-0.1, -0.05) is 18.5 Å². The molecule has 0 amide bonds. The first kappa shape index (κ1) is 14.1. The van der Waals surface area contributed by atoms with Crippen molar-refractivity contribution in [1.82, 2.24) is 5.32 Å². The molecule has 0 aliphatic rings. The van der Waals surface area contributed by atoms with Gasteiger partial charge < -0.3 is 15.4 Å². The van der Waals surface area contributed by atoms with Crippen LogP contribution in [0.2, 0.25) is 5.02 Å². The van der Waals surface area contributed by atoms with Crippen LogP contribution in [0.4, 0.5) is 5.69 Å². The molecule has 0 saturated heterocycles. The summed E-state index contributed by atoms with van der Waals surface area (Å²) in [6.45, 7) is 4.17. The maximum absolute atomic E-state index is 5.93. The van der Waals surface area contributed by atoms with Crippen LogP contribution in [0, 0.1) is 0 Å². The van der Waals surface area contributed by atoms with Gasteiger partial charge >= 0.3 is 0 Å². The van der Waals surface area contributed by atoms with Crippen molar-refractivity contribution in [2.24, 2.45) is 0 Å². The lowest BCUT2D eigenvalue weighted by Gasteiger charge is -2.17. The van der Waals surface area contributed by atoms with Gasteiger partial charge in [0.25, 0.3) is 0 Å². The van der Waals surface area contributed by atoms with Crippen LogP contribution in [-0.4, -0.2) is 18.3 Å². The van der Waals surface area contributed by atoms with Gasteiger partial charge in [0.15, 0.2) is 5.11 Å². The van der Waals surface area contributed by atoms with E-state index in [0.717, 1.165) is 12.1 Å². The summed E-state index contributed by atoms with van der Waals surface area (Å²) >= 11 is 11.1. The Morgan fingerprint density at radius 2 is 2.24 bits per heavy atom. The molecule has 1 unspecified atom stereocenters. The summed E-state index contributed by atoms with van der Waals surface area (Å²) in [7, 11) is 1.61. The Kier molecular flexibility index (Phi) is 5.51. The van der Waals surface area contributed by atoms with E-state index in [0.29, 0.717) is 21.9 Å². The quantitative estimate of drug-likeness (QED) is 0.823. The topological polar surface area (TPSA) is 33.3 Å². The standard InChI is InChI=1S/C12H17ClN2OS/c1-4-8(2)14-12(17)15-10-7-9(13)5-6-11(10)16-3/h5-8H,4H2,1-3H3,(H2,14,15,17). The Balaban J connectivity index is 2.73. The Morgan fingerprint density at radius 1 is 1.53 bits per heavy atom. The summed E-state index contributed by atoms with van der Waals surface area (Å²) in [4.78, 5) is 0. The second kappa shape index (κ2) is 6.67. The number of rotatable bonds is 4. The maximum Gasteiger partial charge on any atom is 0.171 e. The normalized spacial score (nSPS) is 11.8. The second-order valence-electron chi connectivity index (χ2n) is 3.75. The lowest BCUT2D eigenvalue weighted by molar-refractivity contribution is 0.417. The van der Waals surface area contributed by atoms with Crippen LogP contribution in [0.15, 0.2) is 18.2 Å². The van der Waals surface area contributed by atoms with Crippen LogP contribution < -0.4 is 15.4 Å². The smallest absolute Gasteiger partial charge is 0.171 e. The highest BCUT2D eigenvalue weighted by molar-refractivity contribution is 7.80. The van der Waals surface area contributed by atoms with Gasteiger partial charge in [-0.2, -0.15) is 0 Å². The van der Waals surface area contributed by atoms with Crippen LogP contribution in [0.5, 0.6) is 5.75 Å². The molecular weight excluding hydrogens is 256 g/mol. The van der Waals surface area contributed by atoms with Crippen LogP contribution in [0.1, 0.15) is 20.3 Å². The summed E-state index contributed by atoms with van der Waals surface area (Å²) in [5.41, 5.74) is 0.765. The van der Waals surface area contributed by atoms with Crippen molar-refractivity contribution >= 4 is 34.6 Å². The van der Waals surface area contributed by atoms with Gasteiger partial charge in [0.2, 0.25) is 0 Å². The van der Waals surface area contributed by atoms with Gasteiger partial charge in [-0.3, -0.25) is 0 Å². The average molecular weight is 273 g/mol. The zero-order valence-electron chi connectivity index (χ0n) is 10.2. The number of ether oxygens (including phenoxy) is 1. The summed E-state index contributed by atoms with van der Waals surface area (Å²) in [6, 6.07) is 5.69. The van der Waals surface area contributed by atoms with Crippen molar-refractivity contribution in [3.63, 3.8) is 0 Å². The average Bonchev–Trinajstić information content (AvgIpc) is 2.29. The van der Waals surface area contributed by atoms with Crippen molar-refractivity contribution in [2.75, 3.05) is 12.4 Å². The van der Waals surface area contributed by atoms with Gasteiger partial charge in [-0.15, -0.1) is 0 Å². The third-order valence-electron chi connectivity index (χ3n) is 2.40. The minimum Gasteiger partial charge on any atom is -0.495 e. The van der Waals surface area contributed by atoms with E-state index in [2.05, 4.69) is 24.5 Å². The summed E-state index contributed by atoms with van der Waals surface area (Å²) in [5.74, 6) is 0.711. The van der Waals surface area contributed by atoms with Crippen molar-refractivity contribution in [3.8, 4) is 5.75 Å². The van der Waals surface area contributed by atoms with E-state index < -0.39 is 0 Å². The molecule has 1 rings (SSSR count). The fourth-order valence-electron chi connectivity index (χ4n) is 1.26. The molecule has 0 bridgehead atoms. The van der Waals surface area contributed by atoms with Crippen molar-refractivity contribution in [1.29, 1.82) is 0 Å². The molecule has 2 N–H and O–H groups in total. The van der Waals surface area contributed by atoms with E-state index in [9.17, 15) is 0 Å². The molecule has 0 spiro atoms. The highest BCUT2D eigenvalue weighted by atomic mass is 35.5. The van der Waals surface area contributed by atoms with E-state index in [1.807, 2.05) is 0 Å². The summed E-state index contributed by atoms with van der Waals surface area (Å²) < 4.78 is 5.22. The van der Waals surface area contributed by atoms with E-state index in [4.69, 9.17) is 28.6 Å². The SMILES string of the molecule is CCC(C)NC(=S)Nc1cc(Cl)ccc1OC. The summed E-state index contributed by atoms with van der Waals surface area (Å²) in [5, 5.41) is 7.46. The molecule has 0 radical (unpaired) electrons. The first-order chi connectivity index (χ1) is 8.06. The predicted octanol–water partition coefficient (Wildman–Crippen LogP) is 3.43. The molecule has 1 atom stereocenters. The van der Waals surface area contributed by atoms with Crippen LogP contribution in [-0.2, 0) is 0 Å². The number of benzene rings is 1. The van der Waals surface area contributed by atoms with Gasteiger partial charge in [0, 0.05) is 11.1 Å². The molecule has 0 heterocycles. The van der Waals surface area contributed by atoms with Crippen LogP contribution in [0.3, 0.4) is 0 Å². The van der Waals surface area contributed by atoms with Crippen molar-refractivity contribution in [2.45, 2.75) is 26.3 Å². The fraction of sp³-hybridized carbons (Fsp3) is 0.417. The zero-order valence-corrected chi connectivity index (χ0v) is 11.8. The molecule has 5 heteroatoms. The van der Waals surface area contributed by atoms with Gasteiger partial charge in [0.1, 0.15) is 5.75 Å². The van der Waals surface area contributed by atoms with E-state index in [1.54, 1.807) is 25.3 Å². The number of thiocarbonyl (C=S) groups is 1. The van der Waals surface area contributed by atoms with E-state index in [-0.39, 0.29) is 0 Å². The molecule has 0 saturated carbocycles. The van der Waals surface area contributed by atoms with E-state index in [1.165, 1.54) is 0 Å². The number of hydrogen-bond donors (Lipinski definition) is 2. The summed E-state index contributed by atoms with van der Waals surface area (Å²) in [6.07, 6.45) is 1.01. The molecule has 0 aliphatic heterocycles. The number of nitrogens with one attached hydrogen (secondary N) is 2. The zero-order chi connectivity index (χ0) is 12.8. The molecule has 0 aromatic heterocycles. The highest BCUT2D eigenvalue weighted by Crippen LogP contribution is 2.27. The Morgan fingerprint density at radius 3 is 2.82 bits per heavy atom. The molecule has 0 fully saturated rings. The molecule has 1 aromatic rings. The Bertz CT molecular complexity index is 398. The van der Waals surface area contributed by atoms with E-state index >= 15 is 0 Å². The first-order valence-electron chi connectivity index (χ1n) is 5.47. The van der Waals surface area contributed by atoms with Crippen LogP contribution >= 0.6 is 23.8 Å². The minimum atomic E-state index is 0.333. The van der Waals surface area contributed by atoms with Gasteiger partial charge in [-0.25, -0.2) is 0 Å². The van der Waals surface area contributed by atoms with Crippen LogP contribution in [0.25, 0.3) is 0 Å². The maximum atomic E-state index is 5.93. The molecule has 3 nitrogen and oxygen atoms in total. The molecule has 94 valence electrons. The van der Waals surface area contributed by atoms with Gasteiger partial charge in [0.05, 0.1) is 12.8 Å². The Hall–Kier alpha value is -1.00. The number of halogens is 1. The lowest BCUT2D eigenvalue weighted by atomic mass is 10.2. The fourth-order valence-corrected chi connectivity index (χ4v) is 1.75. The van der Waals surface area contributed by atoms with Gasteiger partial charge in [-0.05, 0) is 43.8 Å². The molecule has 0 aliphatic carbocycles. The molecular formula is C12H17ClN2OS. The third kappa shape index (κ3) is 4.40. The monoisotopic (exact) mass is 272 g/mol. The highest BCUT2D eigenvalue weighted by Gasteiger charge is 2.07. The lowest BCUT2D eigenvalue weighted by Crippen LogP contribution is -2.35. The first-order valence-corrected chi connectivity index (χ1v) is 6.26. The number of hydrogen-bond acceptors (Lipinski definition) is 2. The molecule has 1 aromatic carbocycles. The number of anilines is 1. The number of methoxy groups -OCH3 is 1. The minimum absolute atomic E-state index is 0.333. The third-order valence-corrected chi connectivity index (χ3v) is 2.85.